The van der Waals surface area contributed by atoms with Crippen molar-refractivity contribution < 1.29 is 4.74 Å². The van der Waals surface area contributed by atoms with Gasteiger partial charge in [0.25, 0.3) is 0 Å². The highest BCUT2D eigenvalue weighted by atomic mass is 35.5. The fraction of sp³-hybridized carbons (Fsp3) is 0.294. The average molecular weight is 290 g/mol. The second-order valence-corrected chi connectivity index (χ2v) is 5.02. The van der Waals surface area contributed by atoms with Crippen molar-refractivity contribution >= 4 is 11.6 Å². The van der Waals surface area contributed by atoms with E-state index in [1.165, 1.54) is 5.56 Å². The Kier molecular flexibility index (Phi) is 6.06. The van der Waals surface area contributed by atoms with E-state index >= 15 is 0 Å². The second kappa shape index (κ2) is 8.05. The molecule has 2 nitrogen and oxygen atoms in total. The Morgan fingerprint density at radius 1 is 1.05 bits per heavy atom. The molecule has 0 amide bonds. The predicted molar refractivity (Wildman–Crippen MR) is 84.0 cm³/mol. The van der Waals surface area contributed by atoms with Crippen molar-refractivity contribution in [1.82, 2.24) is 5.32 Å². The summed E-state index contributed by atoms with van der Waals surface area (Å²) in [5.74, 6) is 0. The minimum absolute atomic E-state index is 0.0347. The van der Waals surface area contributed by atoms with Gasteiger partial charge in [-0.15, -0.1) is 0 Å². The van der Waals surface area contributed by atoms with E-state index in [0.29, 0.717) is 6.61 Å². The summed E-state index contributed by atoms with van der Waals surface area (Å²) in [6, 6.07) is 18.1. The molecule has 1 atom stereocenters. The molecule has 0 aromatic heterocycles. The molecular formula is C17H20ClNO. The summed E-state index contributed by atoms with van der Waals surface area (Å²) in [5, 5.41) is 4.09. The Morgan fingerprint density at radius 2 is 1.75 bits per heavy atom. The Balaban J connectivity index is 2.03. The third kappa shape index (κ3) is 4.34. The zero-order chi connectivity index (χ0) is 14.2. The summed E-state index contributed by atoms with van der Waals surface area (Å²) in [5.41, 5.74) is 2.20. The SMILES string of the molecule is CCNCC(OCc1ccccc1Cl)c1ccccc1. The molecule has 0 fully saturated rings. The van der Waals surface area contributed by atoms with Crippen LogP contribution in [0.5, 0.6) is 0 Å². The molecular weight excluding hydrogens is 270 g/mol. The van der Waals surface area contributed by atoms with Crippen molar-refractivity contribution in [1.29, 1.82) is 0 Å². The fourth-order valence-corrected chi connectivity index (χ4v) is 2.21. The van der Waals surface area contributed by atoms with Crippen LogP contribution in [0.3, 0.4) is 0 Å². The van der Waals surface area contributed by atoms with Crippen LogP contribution >= 0.6 is 11.6 Å². The number of likely N-dealkylation sites (N-methyl/N-ethyl adjacent to an activating group) is 1. The molecule has 106 valence electrons. The van der Waals surface area contributed by atoms with E-state index < -0.39 is 0 Å². The van der Waals surface area contributed by atoms with Gasteiger partial charge < -0.3 is 10.1 Å². The summed E-state index contributed by atoms with van der Waals surface area (Å²) in [4.78, 5) is 0. The van der Waals surface area contributed by atoms with Gasteiger partial charge in [-0.05, 0) is 23.7 Å². The number of ether oxygens (including phenoxy) is 1. The van der Waals surface area contributed by atoms with Crippen molar-refractivity contribution in [3.05, 3.63) is 70.7 Å². The summed E-state index contributed by atoms with van der Waals surface area (Å²) in [6.45, 7) is 4.34. The van der Waals surface area contributed by atoms with Gasteiger partial charge in [-0.25, -0.2) is 0 Å². The van der Waals surface area contributed by atoms with Gasteiger partial charge in [0.15, 0.2) is 0 Å². The first-order valence-electron chi connectivity index (χ1n) is 6.92. The summed E-state index contributed by atoms with van der Waals surface area (Å²) < 4.78 is 6.05. The molecule has 0 radical (unpaired) electrons. The minimum atomic E-state index is 0.0347. The third-order valence-electron chi connectivity index (χ3n) is 3.15. The maximum atomic E-state index is 6.16. The Hall–Kier alpha value is -1.35. The number of halogens is 1. The maximum Gasteiger partial charge on any atom is 0.0953 e. The molecule has 0 aliphatic rings. The van der Waals surface area contributed by atoms with Crippen molar-refractivity contribution in [3.63, 3.8) is 0 Å². The minimum Gasteiger partial charge on any atom is -0.367 e. The lowest BCUT2D eigenvalue weighted by atomic mass is 10.1. The molecule has 2 aromatic rings. The van der Waals surface area contributed by atoms with Crippen LogP contribution in [-0.4, -0.2) is 13.1 Å². The monoisotopic (exact) mass is 289 g/mol. The zero-order valence-corrected chi connectivity index (χ0v) is 12.4. The number of benzene rings is 2. The quantitative estimate of drug-likeness (QED) is 0.824. The van der Waals surface area contributed by atoms with Crippen molar-refractivity contribution in [2.45, 2.75) is 19.6 Å². The summed E-state index contributed by atoms with van der Waals surface area (Å²) >= 11 is 6.16. The highest BCUT2D eigenvalue weighted by molar-refractivity contribution is 6.31. The van der Waals surface area contributed by atoms with Gasteiger partial charge in [-0.3, -0.25) is 0 Å². The van der Waals surface area contributed by atoms with Crippen LogP contribution in [0, 0.1) is 0 Å². The van der Waals surface area contributed by atoms with E-state index in [1.807, 2.05) is 42.5 Å². The molecule has 0 heterocycles. The number of hydrogen-bond donors (Lipinski definition) is 1. The molecule has 0 aliphatic carbocycles. The molecule has 0 spiro atoms. The van der Waals surface area contributed by atoms with Crippen LogP contribution in [0.1, 0.15) is 24.2 Å². The van der Waals surface area contributed by atoms with Gasteiger partial charge >= 0.3 is 0 Å². The lowest BCUT2D eigenvalue weighted by molar-refractivity contribution is 0.0402. The molecule has 0 aliphatic heterocycles. The highest BCUT2D eigenvalue weighted by Crippen LogP contribution is 2.21. The molecule has 0 bridgehead atoms. The molecule has 3 heteroatoms. The molecule has 2 rings (SSSR count). The molecule has 1 N–H and O–H groups in total. The predicted octanol–water partition coefficient (Wildman–Crippen LogP) is 4.21. The highest BCUT2D eigenvalue weighted by Gasteiger charge is 2.12. The number of hydrogen-bond acceptors (Lipinski definition) is 2. The summed E-state index contributed by atoms with van der Waals surface area (Å²) in [7, 11) is 0. The average Bonchev–Trinajstić information content (AvgIpc) is 2.50. The van der Waals surface area contributed by atoms with Crippen molar-refractivity contribution in [2.75, 3.05) is 13.1 Å². The van der Waals surface area contributed by atoms with Gasteiger partial charge in [-0.2, -0.15) is 0 Å². The maximum absolute atomic E-state index is 6.16. The summed E-state index contributed by atoms with van der Waals surface area (Å²) in [6.07, 6.45) is 0.0347. The van der Waals surface area contributed by atoms with Gasteiger partial charge in [0.2, 0.25) is 0 Å². The van der Waals surface area contributed by atoms with Crippen LogP contribution in [-0.2, 0) is 11.3 Å². The van der Waals surface area contributed by atoms with Gasteiger partial charge in [-0.1, -0.05) is 67.1 Å². The first-order valence-corrected chi connectivity index (χ1v) is 7.29. The molecule has 20 heavy (non-hydrogen) atoms. The third-order valence-corrected chi connectivity index (χ3v) is 3.52. The van der Waals surface area contributed by atoms with Crippen molar-refractivity contribution in [2.24, 2.45) is 0 Å². The van der Waals surface area contributed by atoms with E-state index in [2.05, 4.69) is 24.4 Å². The largest absolute Gasteiger partial charge is 0.367 e. The molecule has 1 unspecified atom stereocenters. The first-order chi connectivity index (χ1) is 9.81. The van der Waals surface area contributed by atoms with Crippen molar-refractivity contribution in [3.8, 4) is 0 Å². The fourth-order valence-electron chi connectivity index (χ4n) is 2.02. The smallest absolute Gasteiger partial charge is 0.0953 e. The van der Waals surface area contributed by atoms with Gasteiger partial charge in [0.05, 0.1) is 12.7 Å². The number of rotatable bonds is 7. The lowest BCUT2D eigenvalue weighted by Gasteiger charge is -2.19. The lowest BCUT2D eigenvalue weighted by Crippen LogP contribution is -2.23. The van der Waals surface area contributed by atoms with E-state index in [1.54, 1.807) is 0 Å². The molecule has 0 saturated heterocycles. The molecule has 2 aromatic carbocycles. The van der Waals surface area contributed by atoms with Gasteiger partial charge in [0.1, 0.15) is 0 Å². The standard InChI is InChI=1S/C17H20ClNO/c1-2-19-12-17(14-8-4-3-5-9-14)20-13-15-10-6-7-11-16(15)18/h3-11,17,19H,2,12-13H2,1H3. The second-order valence-electron chi connectivity index (χ2n) is 4.61. The van der Waals surface area contributed by atoms with E-state index in [0.717, 1.165) is 23.7 Å². The van der Waals surface area contributed by atoms with Crippen LogP contribution in [0.4, 0.5) is 0 Å². The Labute approximate surface area is 125 Å². The molecule has 0 saturated carbocycles. The topological polar surface area (TPSA) is 21.3 Å². The van der Waals surface area contributed by atoms with E-state index in [-0.39, 0.29) is 6.10 Å². The van der Waals surface area contributed by atoms with Crippen LogP contribution < -0.4 is 5.32 Å². The Morgan fingerprint density at radius 3 is 2.45 bits per heavy atom. The van der Waals surface area contributed by atoms with Crippen LogP contribution in [0.25, 0.3) is 0 Å². The van der Waals surface area contributed by atoms with E-state index in [4.69, 9.17) is 16.3 Å². The normalized spacial score (nSPS) is 12.3. The Bertz CT molecular complexity index is 515. The van der Waals surface area contributed by atoms with E-state index in [9.17, 15) is 0 Å². The van der Waals surface area contributed by atoms with Crippen LogP contribution in [0.15, 0.2) is 54.6 Å². The number of nitrogens with one attached hydrogen (secondary N) is 1. The van der Waals surface area contributed by atoms with Crippen LogP contribution in [0.2, 0.25) is 5.02 Å². The zero-order valence-electron chi connectivity index (χ0n) is 11.7. The van der Waals surface area contributed by atoms with Gasteiger partial charge in [0, 0.05) is 11.6 Å². The first kappa shape index (κ1) is 15.0.